The summed E-state index contributed by atoms with van der Waals surface area (Å²) in [5, 5.41) is 11.2. The van der Waals surface area contributed by atoms with Crippen LogP contribution in [0.2, 0.25) is 0 Å². The van der Waals surface area contributed by atoms with E-state index in [1.165, 1.54) is 12.1 Å². The maximum absolute atomic E-state index is 13.7. The first-order chi connectivity index (χ1) is 9.99. The highest BCUT2D eigenvalue weighted by Gasteiger charge is 2.31. The topological polar surface area (TPSA) is 75.6 Å². The Morgan fingerprint density at radius 3 is 2.71 bits per heavy atom. The van der Waals surface area contributed by atoms with Gasteiger partial charge in [-0.3, -0.25) is 4.79 Å². The molecule has 0 saturated heterocycles. The molecule has 0 unspecified atom stereocenters. The normalized spacial score (nSPS) is 20.7. The monoisotopic (exact) mass is 295 g/mol. The molecule has 2 rings (SSSR count). The second-order valence-electron chi connectivity index (χ2n) is 5.17. The molecule has 0 aromatic heterocycles. The van der Waals surface area contributed by atoms with Crippen molar-refractivity contribution >= 4 is 17.6 Å². The summed E-state index contributed by atoms with van der Waals surface area (Å²) in [6.07, 6.45) is 2.26. The van der Waals surface area contributed by atoms with Gasteiger partial charge in [0.25, 0.3) is 0 Å². The van der Waals surface area contributed by atoms with E-state index in [1.807, 2.05) is 6.92 Å². The summed E-state index contributed by atoms with van der Waals surface area (Å²) in [6.45, 7) is 2.61. The van der Waals surface area contributed by atoms with Crippen LogP contribution in [0.5, 0.6) is 0 Å². The highest BCUT2D eigenvalue weighted by molar-refractivity contribution is 5.92. The minimum Gasteiger partial charge on any atom is -0.478 e. The van der Waals surface area contributed by atoms with E-state index in [0.29, 0.717) is 13.0 Å². The molecular formula is C15H18FNO4. The van der Waals surface area contributed by atoms with Crippen molar-refractivity contribution in [3.8, 4) is 0 Å². The average Bonchev–Trinajstić information content (AvgIpc) is 2.38. The molecule has 6 heteroatoms. The second kappa shape index (κ2) is 6.67. The first-order valence-corrected chi connectivity index (χ1v) is 6.94. The van der Waals surface area contributed by atoms with Gasteiger partial charge in [0.2, 0.25) is 5.91 Å². The number of hydrogen-bond acceptors (Lipinski definition) is 3. The number of rotatable bonds is 6. The number of carboxylic acids is 1. The number of amides is 1. The molecule has 21 heavy (non-hydrogen) atoms. The maximum atomic E-state index is 13.7. The summed E-state index contributed by atoms with van der Waals surface area (Å²) in [7, 11) is 0. The van der Waals surface area contributed by atoms with Crippen LogP contribution in [-0.2, 0) is 9.53 Å². The highest BCUT2D eigenvalue weighted by Crippen LogP contribution is 2.33. The van der Waals surface area contributed by atoms with Gasteiger partial charge in [-0.15, -0.1) is 0 Å². The van der Waals surface area contributed by atoms with Crippen LogP contribution in [0.3, 0.4) is 0 Å². The molecule has 1 aliphatic carbocycles. The zero-order valence-corrected chi connectivity index (χ0v) is 11.8. The Morgan fingerprint density at radius 2 is 2.14 bits per heavy atom. The lowest BCUT2D eigenvalue weighted by Crippen LogP contribution is -2.34. The number of halogens is 1. The van der Waals surface area contributed by atoms with E-state index in [1.54, 1.807) is 0 Å². The van der Waals surface area contributed by atoms with E-state index in [2.05, 4.69) is 5.32 Å². The molecule has 0 heterocycles. The lowest BCUT2D eigenvalue weighted by Gasteiger charge is -2.34. The number of benzene rings is 1. The SMILES string of the molecule is CCOC1CC(CC(=O)Nc2ccc(C(=O)O)cc2F)C1. The predicted octanol–water partition coefficient (Wildman–Crippen LogP) is 2.67. The molecule has 1 aromatic carbocycles. The predicted molar refractivity (Wildman–Crippen MR) is 74.7 cm³/mol. The Balaban J connectivity index is 1.85. The molecule has 2 N–H and O–H groups in total. The Labute approximate surface area is 122 Å². The molecule has 0 aliphatic heterocycles. The minimum atomic E-state index is -1.21. The van der Waals surface area contributed by atoms with E-state index in [-0.39, 0.29) is 29.2 Å². The van der Waals surface area contributed by atoms with Crippen LogP contribution in [0, 0.1) is 11.7 Å². The van der Waals surface area contributed by atoms with Crippen molar-refractivity contribution in [1.82, 2.24) is 0 Å². The van der Waals surface area contributed by atoms with E-state index in [9.17, 15) is 14.0 Å². The number of aromatic carboxylic acids is 1. The molecule has 0 bridgehead atoms. The number of carboxylic acid groups (broad SMARTS) is 1. The summed E-state index contributed by atoms with van der Waals surface area (Å²) in [6, 6.07) is 3.42. The summed E-state index contributed by atoms with van der Waals surface area (Å²) >= 11 is 0. The zero-order valence-electron chi connectivity index (χ0n) is 11.8. The van der Waals surface area contributed by atoms with Crippen LogP contribution in [0.1, 0.15) is 36.5 Å². The van der Waals surface area contributed by atoms with E-state index in [4.69, 9.17) is 9.84 Å². The standard InChI is InChI=1S/C15H18FNO4/c1-2-21-11-5-9(6-11)7-14(18)17-13-4-3-10(15(19)20)8-12(13)16/h3-4,8-9,11H,2,5-7H2,1H3,(H,17,18)(H,19,20). The van der Waals surface area contributed by atoms with Gasteiger partial charge in [0.15, 0.2) is 0 Å². The molecule has 0 atom stereocenters. The van der Waals surface area contributed by atoms with Gasteiger partial charge in [0, 0.05) is 13.0 Å². The number of anilines is 1. The molecule has 5 nitrogen and oxygen atoms in total. The molecular weight excluding hydrogens is 277 g/mol. The van der Waals surface area contributed by atoms with E-state index >= 15 is 0 Å². The van der Waals surface area contributed by atoms with Crippen LogP contribution in [0.4, 0.5) is 10.1 Å². The molecule has 0 radical (unpaired) electrons. The van der Waals surface area contributed by atoms with Crippen molar-refractivity contribution in [3.63, 3.8) is 0 Å². The number of carbonyl (C=O) groups is 2. The van der Waals surface area contributed by atoms with Crippen LogP contribution in [0.25, 0.3) is 0 Å². The van der Waals surface area contributed by atoms with Crippen molar-refractivity contribution in [2.75, 3.05) is 11.9 Å². The fourth-order valence-corrected chi connectivity index (χ4v) is 2.43. The van der Waals surface area contributed by atoms with Gasteiger partial charge in [-0.25, -0.2) is 9.18 Å². The summed E-state index contributed by atoms with van der Waals surface area (Å²) in [5.41, 5.74) is -0.144. The van der Waals surface area contributed by atoms with Gasteiger partial charge in [0.05, 0.1) is 17.4 Å². The number of nitrogens with one attached hydrogen (secondary N) is 1. The first kappa shape index (κ1) is 15.4. The zero-order chi connectivity index (χ0) is 15.4. The van der Waals surface area contributed by atoms with Gasteiger partial charge in [-0.1, -0.05) is 0 Å². The Hall–Kier alpha value is -1.95. The first-order valence-electron chi connectivity index (χ1n) is 6.94. The van der Waals surface area contributed by atoms with Gasteiger partial charge >= 0.3 is 5.97 Å². The quantitative estimate of drug-likeness (QED) is 0.846. The summed E-state index contributed by atoms with van der Waals surface area (Å²) in [5.74, 6) is -1.95. The molecule has 114 valence electrons. The highest BCUT2D eigenvalue weighted by atomic mass is 19.1. The van der Waals surface area contributed by atoms with Crippen LogP contribution in [-0.4, -0.2) is 29.7 Å². The van der Waals surface area contributed by atoms with Crippen molar-refractivity contribution < 1.29 is 23.8 Å². The summed E-state index contributed by atoms with van der Waals surface area (Å²) in [4.78, 5) is 22.5. The van der Waals surface area contributed by atoms with Crippen LogP contribution in [0.15, 0.2) is 18.2 Å². The fraction of sp³-hybridized carbons (Fsp3) is 0.467. The van der Waals surface area contributed by atoms with Gasteiger partial charge in [0.1, 0.15) is 5.82 Å². The second-order valence-corrected chi connectivity index (χ2v) is 5.17. The Morgan fingerprint density at radius 1 is 1.43 bits per heavy atom. The number of carbonyl (C=O) groups excluding carboxylic acids is 1. The van der Waals surface area contributed by atoms with Crippen LogP contribution >= 0.6 is 0 Å². The van der Waals surface area contributed by atoms with Crippen molar-refractivity contribution in [1.29, 1.82) is 0 Å². The van der Waals surface area contributed by atoms with Crippen molar-refractivity contribution in [2.24, 2.45) is 5.92 Å². The van der Waals surface area contributed by atoms with E-state index < -0.39 is 11.8 Å². The Kier molecular flexibility index (Phi) is 4.90. The van der Waals surface area contributed by atoms with Crippen molar-refractivity contribution in [3.05, 3.63) is 29.6 Å². The molecule has 1 fully saturated rings. The van der Waals surface area contributed by atoms with Gasteiger partial charge < -0.3 is 15.2 Å². The third kappa shape index (κ3) is 4.01. The molecule has 1 aromatic rings. The average molecular weight is 295 g/mol. The smallest absolute Gasteiger partial charge is 0.335 e. The number of hydrogen-bond donors (Lipinski definition) is 2. The maximum Gasteiger partial charge on any atom is 0.335 e. The molecule has 1 amide bonds. The molecule has 0 spiro atoms. The molecule has 1 saturated carbocycles. The lowest BCUT2D eigenvalue weighted by atomic mass is 9.80. The van der Waals surface area contributed by atoms with E-state index in [0.717, 1.165) is 18.9 Å². The van der Waals surface area contributed by atoms with Gasteiger partial charge in [-0.2, -0.15) is 0 Å². The third-order valence-electron chi connectivity index (χ3n) is 3.56. The summed E-state index contributed by atoms with van der Waals surface area (Å²) < 4.78 is 19.1. The molecule has 1 aliphatic rings. The van der Waals surface area contributed by atoms with Crippen molar-refractivity contribution in [2.45, 2.75) is 32.3 Å². The lowest BCUT2D eigenvalue weighted by molar-refractivity contribution is -0.119. The Bertz CT molecular complexity index is 540. The third-order valence-corrected chi connectivity index (χ3v) is 3.56. The fourth-order valence-electron chi connectivity index (χ4n) is 2.43. The largest absolute Gasteiger partial charge is 0.478 e. The minimum absolute atomic E-state index is 0.00526. The number of ether oxygens (including phenoxy) is 1. The van der Waals surface area contributed by atoms with Gasteiger partial charge in [-0.05, 0) is 43.9 Å². The van der Waals surface area contributed by atoms with Crippen LogP contribution < -0.4 is 5.32 Å².